The van der Waals surface area contributed by atoms with Crippen molar-refractivity contribution >= 4 is 67.1 Å². The van der Waals surface area contributed by atoms with Crippen LogP contribution in [0.3, 0.4) is 0 Å². The second-order valence-corrected chi connectivity index (χ2v) is 16.9. The number of aliphatic carboxylic acids is 4. The summed E-state index contributed by atoms with van der Waals surface area (Å²) in [6, 6.07) is 37.1. The van der Waals surface area contributed by atoms with Gasteiger partial charge in [-0.15, -0.1) is 0 Å². The van der Waals surface area contributed by atoms with Crippen LogP contribution in [0.4, 0.5) is 52.7 Å². The van der Waals surface area contributed by atoms with E-state index < -0.39 is 91.8 Å². The zero-order valence-electron chi connectivity index (χ0n) is 32.2. The number of hydrogen-bond donors (Lipinski definition) is 4. The molecule has 0 saturated carbocycles. The molecular weight excluding hydrogens is 1190 g/mol. The van der Waals surface area contributed by atoms with Crippen LogP contribution in [0, 0.1) is 0 Å². The molecule has 0 aliphatic heterocycles. The van der Waals surface area contributed by atoms with Gasteiger partial charge in [0.15, 0.2) is 0 Å². The van der Waals surface area contributed by atoms with Crippen LogP contribution in [0.15, 0.2) is 141 Å². The monoisotopic (exact) mass is 1220 g/mol. The number of halogens is 12. The third-order valence-electron chi connectivity index (χ3n) is 5.90. The summed E-state index contributed by atoms with van der Waals surface area (Å²) in [6.07, 6.45) is -20.3. The molecule has 0 bridgehead atoms. The van der Waals surface area contributed by atoms with Gasteiger partial charge in [-0.05, 0) is 48.5 Å². The molecule has 0 fully saturated rings. The fourth-order valence-corrected chi connectivity index (χ4v) is 8.27. The molecule has 0 amide bonds. The predicted molar refractivity (Wildman–Crippen MR) is 206 cm³/mol. The summed E-state index contributed by atoms with van der Waals surface area (Å²) < 4.78 is 175. The SMILES string of the molecule is O=C(O)C(F)(F)F.O=C(O)C(F)(F)F.O=C(O)C(F)(F)F.O=C(O)C(F)(F)F.O=S(CCS(=O)c1ccccc1)c1ccccc1.O=S(CCS(=O)c1ccccc1)c1ccccc1.[Pd].[Pd]. The molecule has 4 atom stereocenters. The van der Waals surface area contributed by atoms with Crippen molar-refractivity contribution in [1.82, 2.24) is 0 Å². The Balaban J connectivity index is -0.000000372. The van der Waals surface area contributed by atoms with Crippen molar-refractivity contribution in [2.75, 3.05) is 23.0 Å². The van der Waals surface area contributed by atoms with Gasteiger partial charge in [-0.2, -0.15) is 52.7 Å². The first-order valence-corrected chi connectivity index (χ1v) is 21.5. The van der Waals surface area contributed by atoms with E-state index in [0.717, 1.165) is 19.6 Å². The zero-order chi connectivity index (χ0) is 49.9. The van der Waals surface area contributed by atoms with Gasteiger partial charge in [0.2, 0.25) is 0 Å². The Bertz CT molecular complexity index is 1820. The molecule has 4 aromatic carbocycles. The van der Waals surface area contributed by atoms with Crippen molar-refractivity contribution in [2.45, 2.75) is 44.3 Å². The molecule has 4 unspecified atom stereocenters. The van der Waals surface area contributed by atoms with Crippen LogP contribution in [0.2, 0.25) is 0 Å². The molecule has 376 valence electrons. The van der Waals surface area contributed by atoms with Gasteiger partial charge in [0.1, 0.15) is 0 Å². The molecule has 0 spiro atoms. The predicted octanol–water partition coefficient (Wildman–Crippen LogP) is 7.73. The smallest absolute Gasteiger partial charge is 0.475 e. The van der Waals surface area contributed by atoms with Crippen molar-refractivity contribution in [3.8, 4) is 0 Å². The maximum Gasteiger partial charge on any atom is 0.490 e. The molecule has 0 aromatic heterocycles. The third-order valence-corrected chi connectivity index (χ3v) is 11.9. The van der Waals surface area contributed by atoms with Gasteiger partial charge < -0.3 is 20.4 Å². The van der Waals surface area contributed by atoms with Gasteiger partial charge >= 0.3 is 48.6 Å². The van der Waals surface area contributed by atoms with E-state index in [1.165, 1.54) is 0 Å². The van der Waals surface area contributed by atoms with Gasteiger partial charge in [-0.25, -0.2) is 19.2 Å². The summed E-state index contributed by atoms with van der Waals surface area (Å²) in [5.74, 6) is -9.34. The fourth-order valence-electron chi connectivity index (χ4n) is 3.06. The van der Waals surface area contributed by atoms with Crippen LogP contribution < -0.4 is 0 Å². The zero-order valence-corrected chi connectivity index (χ0v) is 38.6. The van der Waals surface area contributed by atoms with E-state index in [2.05, 4.69) is 0 Å². The van der Waals surface area contributed by atoms with E-state index in [0.29, 0.717) is 23.0 Å². The first kappa shape index (κ1) is 68.4. The normalized spacial score (nSPS) is 12.4. The van der Waals surface area contributed by atoms with Crippen LogP contribution in [-0.4, -0.2) is 109 Å². The molecule has 0 heterocycles. The Kier molecular flexibility index (Phi) is 35.4. The van der Waals surface area contributed by atoms with E-state index in [-0.39, 0.29) is 40.8 Å². The second kappa shape index (κ2) is 34.2. The summed E-state index contributed by atoms with van der Waals surface area (Å²) in [7, 11) is -4.28. The topological polar surface area (TPSA) is 217 Å². The van der Waals surface area contributed by atoms with E-state index in [1.54, 1.807) is 0 Å². The number of carboxylic acid groups (broad SMARTS) is 4. The molecule has 4 aromatic rings. The van der Waals surface area contributed by atoms with E-state index in [1.807, 2.05) is 121 Å². The second-order valence-electron chi connectivity index (χ2n) is 10.7. The van der Waals surface area contributed by atoms with Crippen molar-refractivity contribution in [2.24, 2.45) is 0 Å². The molecule has 66 heavy (non-hydrogen) atoms. The van der Waals surface area contributed by atoms with Crippen LogP contribution in [0.25, 0.3) is 0 Å². The summed E-state index contributed by atoms with van der Waals surface area (Å²) in [5, 5.41) is 28.5. The number of carboxylic acids is 4. The number of alkyl halides is 12. The first-order valence-electron chi connectivity index (χ1n) is 16.3. The summed E-state index contributed by atoms with van der Waals surface area (Å²) >= 11 is 0. The molecule has 30 heteroatoms. The maximum absolute atomic E-state index is 12.0. The minimum absolute atomic E-state index is 0. The van der Waals surface area contributed by atoms with Crippen LogP contribution >= 0.6 is 0 Å². The Morgan fingerprint density at radius 2 is 0.424 bits per heavy atom. The van der Waals surface area contributed by atoms with Crippen molar-refractivity contribution in [3.05, 3.63) is 121 Å². The summed E-state index contributed by atoms with van der Waals surface area (Å²) in [4.78, 5) is 38.8. The van der Waals surface area contributed by atoms with E-state index in [4.69, 9.17) is 39.6 Å². The van der Waals surface area contributed by atoms with Crippen LogP contribution in [0.5, 0.6) is 0 Å². The standard InChI is InChI=1S/2C14H14O2S2.4C2HF3O2.2Pd/c2*15-17(13-7-3-1-4-8-13)11-12-18(16)14-9-5-2-6-10-14;4*3-2(4,5)1(6)7;;/h2*1-10H,11-12H2;4*(H,6,7);;. The summed E-state index contributed by atoms with van der Waals surface area (Å²) in [6.45, 7) is 0. The van der Waals surface area contributed by atoms with E-state index >= 15 is 0 Å². The minimum atomic E-state index is -5.08. The molecule has 0 aliphatic rings. The quantitative estimate of drug-likeness (QED) is 0.0886. The van der Waals surface area contributed by atoms with Crippen LogP contribution in [-0.2, 0) is 103 Å². The Labute approximate surface area is 403 Å². The van der Waals surface area contributed by atoms with Gasteiger partial charge in [-0.3, -0.25) is 16.8 Å². The van der Waals surface area contributed by atoms with Crippen LogP contribution in [0.1, 0.15) is 0 Å². The average Bonchev–Trinajstić information content (AvgIpc) is 3.22. The Morgan fingerprint density at radius 3 is 0.515 bits per heavy atom. The van der Waals surface area contributed by atoms with Crippen molar-refractivity contribution in [1.29, 1.82) is 0 Å². The minimum Gasteiger partial charge on any atom is -0.475 e. The summed E-state index contributed by atoms with van der Waals surface area (Å²) in [5.41, 5.74) is 0. The average molecular weight is 1230 g/mol. The van der Waals surface area contributed by atoms with Crippen molar-refractivity contribution in [3.63, 3.8) is 0 Å². The molecule has 0 radical (unpaired) electrons. The fraction of sp³-hybridized carbons (Fsp3) is 0.222. The van der Waals surface area contributed by atoms with Gasteiger partial charge in [0.05, 0.1) is 43.2 Å². The number of carbonyl (C=O) groups is 4. The van der Waals surface area contributed by atoms with Gasteiger partial charge in [0, 0.05) is 83.4 Å². The third kappa shape index (κ3) is 34.2. The molecule has 0 aliphatic carbocycles. The maximum atomic E-state index is 12.0. The molecule has 4 N–H and O–H groups in total. The van der Waals surface area contributed by atoms with Gasteiger partial charge in [-0.1, -0.05) is 72.8 Å². The van der Waals surface area contributed by atoms with Crippen molar-refractivity contribution < 1.29 is 150 Å². The Hall–Kier alpha value is -4.16. The van der Waals surface area contributed by atoms with Gasteiger partial charge in [0.25, 0.3) is 0 Å². The molecule has 4 rings (SSSR count). The largest absolute Gasteiger partial charge is 0.490 e. The number of benzene rings is 4. The number of hydrogen-bond acceptors (Lipinski definition) is 8. The van der Waals surface area contributed by atoms with E-state index in [9.17, 15) is 69.5 Å². The number of rotatable bonds is 10. The molecule has 12 nitrogen and oxygen atoms in total. The molecule has 0 saturated heterocycles. The molecular formula is C36H32F12O12Pd2S4. The first-order chi connectivity index (χ1) is 29.3. The Morgan fingerprint density at radius 1 is 0.318 bits per heavy atom.